The third-order valence-corrected chi connectivity index (χ3v) is 1.09. The molecule has 0 radical (unpaired) electrons. The molecule has 0 aliphatic carbocycles. The minimum absolute atomic E-state index is 0.258. The number of amides is 1. The predicted octanol–water partition coefficient (Wildman–Crippen LogP) is 0.377. The Morgan fingerprint density at radius 3 is 2.91 bits per heavy atom. The first kappa shape index (κ1) is 8.04. The van der Waals surface area contributed by atoms with E-state index in [-0.39, 0.29) is 12.5 Å². The molecular formula is C7H13NO3. The summed E-state index contributed by atoms with van der Waals surface area (Å²) in [5, 5.41) is 10.4. The Hall–Kier alpha value is -1.06. The first-order chi connectivity index (χ1) is 5.66. The fraction of sp³-hybridized carbons (Fsp3) is 0.714. The van der Waals surface area contributed by atoms with Crippen molar-refractivity contribution in [2.75, 3.05) is 6.54 Å². The molecule has 0 fully saturated rings. The number of hydrogen-bond acceptors (Lipinski definition) is 2. The van der Waals surface area contributed by atoms with Crippen LogP contribution in [0.2, 0.25) is 0 Å². The van der Waals surface area contributed by atoms with E-state index in [0.29, 0.717) is 26.2 Å². The summed E-state index contributed by atoms with van der Waals surface area (Å²) in [6, 6.07) is 0. The number of carbonyl (C=O) groups is 2. The molecule has 0 unspecified atom stereocenters. The molecule has 0 heterocycles. The first-order valence-electron chi connectivity index (χ1n) is 4.15. The van der Waals surface area contributed by atoms with Crippen LogP contribution in [0.3, 0.4) is 0 Å². The Morgan fingerprint density at radius 1 is 1.64 bits per heavy atom. The van der Waals surface area contributed by atoms with Crippen molar-refractivity contribution in [1.82, 2.24) is 5.32 Å². The van der Waals surface area contributed by atoms with E-state index in [1.807, 2.05) is 0 Å². The van der Waals surface area contributed by atoms with Crippen molar-refractivity contribution in [3.05, 3.63) is 0 Å². The van der Waals surface area contributed by atoms with Gasteiger partial charge in [-0.3, -0.25) is 9.59 Å². The van der Waals surface area contributed by atoms with Crippen molar-refractivity contribution in [1.29, 1.82) is 0 Å². The van der Waals surface area contributed by atoms with Crippen molar-refractivity contribution in [3.8, 4) is 0 Å². The molecule has 0 aliphatic heterocycles. The number of carbonyl (C=O) groups excluding carboxylic acids is 1. The van der Waals surface area contributed by atoms with E-state index < -0.39 is 5.97 Å². The summed E-state index contributed by atoms with van der Waals surface area (Å²) in [6.45, 7) is -0.00802. The smallest absolute Gasteiger partial charge is 0.322 e. The molecule has 0 aromatic rings. The maximum Gasteiger partial charge on any atom is 0.322 e. The van der Waals surface area contributed by atoms with Crippen LogP contribution in [0.5, 0.6) is 0 Å². The minimum Gasteiger partial charge on any atom is -0.480 e. The Bertz CT molecular complexity index is 161. The Balaban J connectivity index is 3.28. The fourth-order valence-electron chi connectivity index (χ4n) is 0.548. The van der Waals surface area contributed by atoms with Crippen molar-refractivity contribution in [2.45, 2.75) is 26.2 Å². The standard InChI is InChI=1S/C7H13NO3/c1-2-3-4-6(9)8-5-7(10)11/h2-5H2,1H3,(H,8,9)(H,10,11)/i1D. The van der Waals surface area contributed by atoms with Crippen molar-refractivity contribution in [3.63, 3.8) is 0 Å². The van der Waals surface area contributed by atoms with Crippen molar-refractivity contribution >= 4 is 11.9 Å². The molecule has 0 aliphatic rings. The first-order valence-corrected chi connectivity index (χ1v) is 3.44. The summed E-state index contributed by atoms with van der Waals surface area (Å²) in [6.07, 6.45) is 1.64. The van der Waals surface area contributed by atoms with Gasteiger partial charge in [-0.25, -0.2) is 0 Å². The summed E-state index contributed by atoms with van der Waals surface area (Å²) in [4.78, 5) is 20.8. The van der Waals surface area contributed by atoms with Gasteiger partial charge in [-0.2, -0.15) is 0 Å². The SMILES string of the molecule is [2H]CCCCC(=O)NCC(=O)O. The van der Waals surface area contributed by atoms with Crippen LogP contribution >= 0.6 is 0 Å². The molecule has 0 aromatic carbocycles. The Labute approximate surface area is 67.0 Å². The average molecular weight is 160 g/mol. The molecular weight excluding hydrogens is 146 g/mol. The van der Waals surface area contributed by atoms with Gasteiger partial charge < -0.3 is 10.4 Å². The van der Waals surface area contributed by atoms with Gasteiger partial charge in [0.25, 0.3) is 0 Å². The summed E-state index contributed by atoms with van der Waals surface area (Å²) < 4.78 is 6.79. The van der Waals surface area contributed by atoms with Gasteiger partial charge in [0, 0.05) is 7.79 Å². The molecule has 4 nitrogen and oxygen atoms in total. The molecule has 2 N–H and O–H groups in total. The van der Waals surface area contributed by atoms with Crippen LogP contribution in [-0.2, 0) is 9.59 Å². The van der Waals surface area contributed by atoms with Crippen LogP contribution < -0.4 is 5.32 Å². The lowest BCUT2D eigenvalue weighted by atomic mass is 10.2. The molecule has 0 aromatic heterocycles. The lowest BCUT2D eigenvalue weighted by Crippen LogP contribution is -2.28. The molecule has 11 heavy (non-hydrogen) atoms. The van der Waals surface area contributed by atoms with E-state index in [2.05, 4.69) is 5.32 Å². The van der Waals surface area contributed by atoms with E-state index in [1.54, 1.807) is 0 Å². The third kappa shape index (κ3) is 6.83. The molecule has 0 atom stereocenters. The summed E-state index contributed by atoms with van der Waals surface area (Å²) in [5.74, 6) is -1.30. The zero-order valence-corrected chi connectivity index (χ0v) is 6.30. The lowest BCUT2D eigenvalue weighted by Gasteiger charge is -1.99. The van der Waals surface area contributed by atoms with E-state index in [1.165, 1.54) is 0 Å². The van der Waals surface area contributed by atoms with Crippen LogP contribution in [0.4, 0.5) is 0 Å². The van der Waals surface area contributed by atoms with Gasteiger partial charge in [-0.15, -0.1) is 0 Å². The monoisotopic (exact) mass is 160 g/mol. The number of carboxylic acid groups (broad SMARTS) is 1. The van der Waals surface area contributed by atoms with Crippen LogP contribution in [0.15, 0.2) is 0 Å². The molecule has 0 spiro atoms. The van der Waals surface area contributed by atoms with Crippen LogP contribution in [0, 0.1) is 0 Å². The Kier molecular flexibility index (Phi) is 4.17. The second kappa shape index (κ2) is 5.70. The quantitative estimate of drug-likeness (QED) is 0.571. The largest absolute Gasteiger partial charge is 0.480 e. The van der Waals surface area contributed by atoms with Crippen molar-refractivity contribution in [2.24, 2.45) is 0 Å². The number of unbranched alkanes of at least 4 members (excludes halogenated alkanes) is 1. The number of hydrogen-bond donors (Lipinski definition) is 2. The Morgan fingerprint density at radius 2 is 2.36 bits per heavy atom. The van der Waals surface area contributed by atoms with Crippen LogP contribution in [-0.4, -0.2) is 23.5 Å². The highest BCUT2D eigenvalue weighted by molar-refractivity contribution is 5.80. The van der Waals surface area contributed by atoms with E-state index >= 15 is 0 Å². The van der Waals surface area contributed by atoms with Gasteiger partial charge in [0.15, 0.2) is 0 Å². The summed E-state index contributed by atoms with van der Waals surface area (Å²) in [5.41, 5.74) is 0. The highest BCUT2D eigenvalue weighted by Crippen LogP contribution is 1.92. The summed E-state index contributed by atoms with van der Waals surface area (Å²) in [7, 11) is 0. The molecule has 64 valence electrons. The van der Waals surface area contributed by atoms with Gasteiger partial charge >= 0.3 is 5.97 Å². The van der Waals surface area contributed by atoms with E-state index in [0.717, 1.165) is 0 Å². The molecule has 1 amide bonds. The highest BCUT2D eigenvalue weighted by Gasteiger charge is 2.01. The predicted molar refractivity (Wildman–Crippen MR) is 40.2 cm³/mol. The number of rotatable bonds is 5. The van der Waals surface area contributed by atoms with Crippen molar-refractivity contribution < 1.29 is 16.1 Å². The number of aliphatic carboxylic acids is 1. The van der Waals surface area contributed by atoms with E-state index in [9.17, 15) is 9.59 Å². The van der Waals surface area contributed by atoms with Crippen LogP contribution in [0.1, 0.15) is 27.5 Å². The number of carboxylic acids is 1. The second-order valence-electron chi connectivity index (χ2n) is 2.13. The zero-order valence-electron chi connectivity index (χ0n) is 7.30. The number of nitrogens with one attached hydrogen (secondary N) is 1. The highest BCUT2D eigenvalue weighted by atomic mass is 16.4. The lowest BCUT2D eigenvalue weighted by molar-refractivity contribution is -0.137. The van der Waals surface area contributed by atoms with Gasteiger partial charge in [0.05, 0.1) is 0 Å². The minimum atomic E-state index is -1.04. The van der Waals surface area contributed by atoms with Gasteiger partial charge in [0.1, 0.15) is 6.54 Å². The van der Waals surface area contributed by atoms with E-state index in [4.69, 9.17) is 6.48 Å². The zero-order chi connectivity index (χ0) is 9.40. The molecule has 0 rings (SSSR count). The second-order valence-corrected chi connectivity index (χ2v) is 2.13. The fourth-order valence-corrected chi connectivity index (χ4v) is 0.548. The maximum absolute atomic E-state index is 10.8. The van der Waals surface area contributed by atoms with Crippen LogP contribution in [0.25, 0.3) is 0 Å². The normalized spacial score (nSPS) is 10.4. The average Bonchev–Trinajstić information content (AvgIpc) is 2.01. The molecule has 0 bridgehead atoms. The van der Waals surface area contributed by atoms with Gasteiger partial charge in [0.2, 0.25) is 5.91 Å². The molecule has 0 saturated heterocycles. The van der Waals surface area contributed by atoms with Gasteiger partial charge in [-0.05, 0) is 6.42 Å². The molecule has 4 heteroatoms. The third-order valence-electron chi connectivity index (χ3n) is 1.09. The van der Waals surface area contributed by atoms with Gasteiger partial charge in [-0.1, -0.05) is 13.3 Å². The topological polar surface area (TPSA) is 66.4 Å². The maximum atomic E-state index is 10.8. The molecule has 0 saturated carbocycles. The summed E-state index contributed by atoms with van der Waals surface area (Å²) >= 11 is 0.